The summed E-state index contributed by atoms with van der Waals surface area (Å²) in [6, 6.07) is 8.04. The lowest BCUT2D eigenvalue weighted by atomic mass is 10.2. The summed E-state index contributed by atoms with van der Waals surface area (Å²) >= 11 is 0. The van der Waals surface area contributed by atoms with Gasteiger partial charge < -0.3 is 14.5 Å². The molecule has 4 heteroatoms. The second kappa shape index (κ2) is 7.67. The minimum absolute atomic E-state index is 0.162. The van der Waals surface area contributed by atoms with Crippen molar-refractivity contribution in [2.45, 2.75) is 20.8 Å². The van der Waals surface area contributed by atoms with Crippen molar-refractivity contribution in [3.05, 3.63) is 24.3 Å². The largest absolute Gasteiger partial charge is 0.497 e. The molecule has 1 fully saturated rings. The van der Waals surface area contributed by atoms with Gasteiger partial charge in [0.15, 0.2) is 0 Å². The molecule has 0 spiro atoms. The Hall–Kier alpha value is -1.71. The summed E-state index contributed by atoms with van der Waals surface area (Å²) < 4.78 is 5.21. The Labute approximate surface area is 116 Å². The standard InChI is InChI=1S/C13H18N2O2.C2H6/c1-11(16)14-6-8-15(9-7-14)12-4-3-5-13(10-12)17-2;1-2/h3-5,10H,6-9H2,1-2H3;1-2H3. The Bertz CT molecular complexity index is 399. The van der Waals surface area contributed by atoms with Crippen LogP contribution in [0.4, 0.5) is 5.69 Å². The third-order valence-electron chi connectivity index (χ3n) is 3.14. The maximum atomic E-state index is 11.2. The first-order valence-electron chi connectivity index (χ1n) is 6.85. The molecule has 0 bridgehead atoms. The quantitative estimate of drug-likeness (QED) is 0.822. The topological polar surface area (TPSA) is 32.8 Å². The van der Waals surface area contributed by atoms with E-state index in [0.717, 1.165) is 37.6 Å². The maximum absolute atomic E-state index is 11.2. The van der Waals surface area contributed by atoms with Crippen molar-refractivity contribution in [1.29, 1.82) is 0 Å². The van der Waals surface area contributed by atoms with Crippen LogP contribution in [-0.2, 0) is 4.79 Å². The second-order valence-electron chi connectivity index (χ2n) is 4.19. The van der Waals surface area contributed by atoms with Crippen LogP contribution in [0.25, 0.3) is 0 Å². The van der Waals surface area contributed by atoms with E-state index in [9.17, 15) is 4.79 Å². The molecule has 1 aliphatic rings. The average molecular weight is 264 g/mol. The van der Waals surface area contributed by atoms with Gasteiger partial charge in [-0.1, -0.05) is 19.9 Å². The molecule has 1 aromatic carbocycles. The highest BCUT2D eigenvalue weighted by Gasteiger charge is 2.18. The van der Waals surface area contributed by atoms with E-state index in [0.29, 0.717) is 0 Å². The number of hydrogen-bond donors (Lipinski definition) is 0. The highest BCUT2D eigenvalue weighted by atomic mass is 16.5. The van der Waals surface area contributed by atoms with Gasteiger partial charge in [0, 0.05) is 44.9 Å². The molecule has 4 nitrogen and oxygen atoms in total. The van der Waals surface area contributed by atoms with Gasteiger partial charge in [-0.3, -0.25) is 4.79 Å². The third-order valence-corrected chi connectivity index (χ3v) is 3.14. The highest BCUT2D eigenvalue weighted by Crippen LogP contribution is 2.21. The summed E-state index contributed by atoms with van der Waals surface area (Å²) in [5.74, 6) is 1.03. The van der Waals surface area contributed by atoms with E-state index in [1.807, 2.05) is 36.9 Å². The fourth-order valence-corrected chi connectivity index (χ4v) is 2.09. The SMILES string of the molecule is CC.COc1cccc(N2CCN(C(C)=O)CC2)c1. The smallest absolute Gasteiger partial charge is 0.219 e. The molecule has 0 atom stereocenters. The summed E-state index contributed by atoms with van der Waals surface area (Å²) in [5, 5.41) is 0. The molecule has 1 aromatic rings. The Balaban J connectivity index is 0.000000861. The van der Waals surface area contributed by atoms with Crippen LogP contribution in [0, 0.1) is 0 Å². The second-order valence-corrected chi connectivity index (χ2v) is 4.19. The monoisotopic (exact) mass is 264 g/mol. The molecule has 0 saturated carbocycles. The van der Waals surface area contributed by atoms with Gasteiger partial charge in [0.2, 0.25) is 5.91 Å². The third kappa shape index (κ3) is 4.16. The van der Waals surface area contributed by atoms with E-state index in [4.69, 9.17) is 4.74 Å². The van der Waals surface area contributed by atoms with E-state index in [2.05, 4.69) is 11.0 Å². The summed E-state index contributed by atoms with van der Waals surface area (Å²) in [4.78, 5) is 15.4. The number of benzene rings is 1. The Morgan fingerprint density at radius 2 is 1.79 bits per heavy atom. The van der Waals surface area contributed by atoms with Crippen molar-refractivity contribution in [3.8, 4) is 5.75 Å². The molecule has 2 rings (SSSR count). The van der Waals surface area contributed by atoms with Crippen molar-refractivity contribution in [1.82, 2.24) is 4.90 Å². The number of rotatable bonds is 2. The predicted octanol–water partition coefficient (Wildman–Crippen LogP) is 2.39. The molecule has 106 valence electrons. The number of methoxy groups -OCH3 is 1. The van der Waals surface area contributed by atoms with Crippen LogP contribution in [-0.4, -0.2) is 44.1 Å². The van der Waals surface area contributed by atoms with Crippen LogP contribution in [0.1, 0.15) is 20.8 Å². The number of carbonyl (C=O) groups excluding carboxylic acids is 1. The van der Waals surface area contributed by atoms with E-state index in [1.54, 1.807) is 14.0 Å². The lowest BCUT2D eigenvalue weighted by molar-refractivity contribution is -0.129. The number of nitrogens with zero attached hydrogens (tertiary/aromatic N) is 2. The van der Waals surface area contributed by atoms with Crippen LogP contribution in [0.15, 0.2) is 24.3 Å². The van der Waals surface area contributed by atoms with Gasteiger partial charge in [0.1, 0.15) is 5.75 Å². The normalized spacial score (nSPS) is 14.5. The van der Waals surface area contributed by atoms with Crippen LogP contribution in [0.2, 0.25) is 0 Å². The zero-order valence-electron chi connectivity index (χ0n) is 12.3. The van der Waals surface area contributed by atoms with Gasteiger partial charge in [-0.05, 0) is 12.1 Å². The molecule has 1 amide bonds. The first kappa shape index (κ1) is 15.3. The number of hydrogen-bond acceptors (Lipinski definition) is 3. The molecule has 0 radical (unpaired) electrons. The summed E-state index contributed by atoms with van der Waals surface area (Å²) in [6.07, 6.45) is 0. The molecular weight excluding hydrogens is 240 g/mol. The number of piperazine rings is 1. The number of amides is 1. The van der Waals surface area contributed by atoms with E-state index < -0.39 is 0 Å². The van der Waals surface area contributed by atoms with Crippen molar-refractivity contribution in [2.24, 2.45) is 0 Å². The Morgan fingerprint density at radius 1 is 1.16 bits per heavy atom. The molecule has 1 aliphatic heterocycles. The van der Waals surface area contributed by atoms with E-state index >= 15 is 0 Å². The van der Waals surface area contributed by atoms with Crippen molar-refractivity contribution in [3.63, 3.8) is 0 Å². The zero-order valence-corrected chi connectivity index (χ0v) is 12.3. The molecule has 1 heterocycles. The van der Waals surface area contributed by atoms with Gasteiger partial charge in [-0.15, -0.1) is 0 Å². The zero-order chi connectivity index (χ0) is 14.3. The minimum atomic E-state index is 0.162. The Morgan fingerprint density at radius 3 is 2.32 bits per heavy atom. The number of carbonyl (C=O) groups is 1. The maximum Gasteiger partial charge on any atom is 0.219 e. The molecule has 0 aliphatic carbocycles. The van der Waals surface area contributed by atoms with Gasteiger partial charge in [0.25, 0.3) is 0 Å². The first-order valence-corrected chi connectivity index (χ1v) is 6.85. The lowest BCUT2D eigenvalue weighted by Crippen LogP contribution is -2.48. The Kier molecular flexibility index (Phi) is 6.19. The van der Waals surface area contributed by atoms with Crippen LogP contribution in [0.5, 0.6) is 5.75 Å². The van der Waals surface area contributed by atoms with Crippen LogP contribution >= 0.6 is 0 Å². The highest BCUT2D eigenvalue weighted by molar-refractivity contribution is 5.73. The predicted molar refractivity (Wildman–Crippen MR) is 78.8 cm³/mol. The number of anilines is 1. The van der Waals surface area contributed by atoms with E-state index in [1.165, 1.54) is 0 Å². The van der Waals surface area contributed by atoms with Gasteiger partial charge in [0.05, 0.1) is 7.11 Å². The molecule has 0 unspecified atom stereocenters. The van der Waals surface area contributed by atoms with Crippen molar-refractivity contribution < 1.29 is 9.53 Å². The lowest BCUT2D eigenvalue weighted by Gasteiger charge is -2.35. The molecule has 0 N–H and O–H groups in total. The van der Waals surface area contributed by atoms with Crippen LogP contribution in [0.3, 0.4) is 0 Å². The molecular formula is C15H24N2O2. The fraction of sp³-hybridized carbons (Fsp3) is 0.533. The number of ether oxygens (including phenoxy) is 1. The summed E-state index contributed by atoms with van der Waals surface area (Å²) in [7, 11) is 1.67. The van der Waals surface area contributed by atoms with Gasteiger partial charge >= 0.3 is 0 Å². The van der Waals surface area contributed by atoms with Gasteiger partial charge in [-0.25, -0.2) is 0 Å². The first-order chi connectivity index (χ1) is 9.20. The van der Waals surface area contributed by atoms with E-state index in [-0.39, 0.29) is 5.91 Å². The summed E-state index contributed by atoms with van der Waals surface area (Å²) in [6.45, 7) is 8.99. The fourth-order valence-electron chi connectivity index (χ4n) is 2.09. The molecule has 19 heavy (non-hydrogen) atoms. The van der Waals surface area contributed by atoms with Crippen molar-refractivity contribution >= 4 is 11.6 Å². The average Bonchev–Trinajstić information content (AvgIpc) is 2.49. The van der Waals surface area contributed by atoms with Crippen LogP contribution < -0.4 is 9.64 Å². The summed E-state index contributed by atoms with van der Waals surface area (Å²) in [5.41, 5.74) is 1.16. The molecule has 1 saturated heterocycles. The van der Waals surface area contributed by atoms with Crippen molar-refractivity contribution in [2.75, 3.05) is 38.2 Å². The minimum Gasteiger partial charge on any atom is -0.497 e. The van der Waals surface area contributed by atoms with Gasteiger partial charge in [-0.2, -0.15) is 0 Å². The molecule has 0 aromatic heterocycles.